The van der Waals surface area contributed by atoms with E-state index in [0.29, 0.717) is 12.0 Å². The Morgan fingerprint density at radius 2 is 1.47 bits per heavy atom. The second kappa shape index (κ2) is 15.8. The average molecular weight is 423 g/mol. The van der Waals surface area contributed by atoms with Crippen LogP contribution in [0.1, 0.15) is 95.6 Å². The molecular weight excluding hydrogens is 384 g/mol. The SMILES string of the molecule is CCCCCCCCCCCCCC(=O)NC(CO)C(O)c1ccc([N+](=O)[O-])cc1. The fourth-order valence-corrected chi connectivity index (χ4v) is 3.48. The average Bonchev–Trinajstić information content (AvgIpc) is 2.75. The molecule has 0 aromatic heterocycles. The predicted octanol–water partition coefficient (Wildman–Crippen LogP) is 4.81. The standard InChI is InChI=1S/C23H38N2O5/c1-2-3-4-5-6-7-8-9-10-11-12-13-22(27)24-21(18-26)23(28)19-14-16-20(17-15-19)25(29)30/h14-17,21,23,26,28H,2-13,18H2,1H3,(H,24,27). The van der Waals surface area contributed by atoms with Crippen LogP contribution in [0.25, 0.3) is 0 Å². The summed E-state index contributed by atoms with van der Waals surface area (Å²) in [4.78, 5) is 22.3. The molecule has 1 aromatic rings. The van der Waals surface area contributed by atoms with E-state index in [2.05, 4.69) is 12.2 Å². The molecule has 0 heterocycles. The van der Waals surface area contributed by atoms with Crippen molar-refractivity contribution in [2.45, 2.75) is 96.1 Å². The lowest BCUT2D eigenvalue weighted by Crippen LogP contribution is -2.41. The molecule has 0 spiro atoms. The summed E-state index contributed by atoms with van der Waals surface area (Å²) in [7, 11) is 0. The van der Waals surface area contributed by atoms with Gasteiger partial charge in [0.2, 0.25) is 5.91 Å². The summed E-state index contributed by atoms with van der Waals surface area (Å²) in [5.41, 5.74) is 0.335. The van der Waals surface area contributed by atoms with E-state index in [1.807, 2.05) is 0 Å². The first-order chi connectivity index (χ1) is 14.5. The molecule has 3 N–H and O–H groups in total. The first-order valence-electron chi connectivity index (χ1n) is 11.3. The predicted molar refractivity (Wildman–Crippen MR) is 118 cm³/mol. The topological polar surface area (TPSA) is 113 Å². The van der Waals surface area contributed by atoms with E-state index < -0.39 is 23.7 Å². The summed E-state index contributed by atoms with van der Waals surface area (Å²) in [5.74, 6) is -0.203. The fraction of sp³-hybridized carbons (Fsp3) is 0.696. The zero-order valence-electron chi connectivity index (χ0n) is 18.2. The highest BCUT2D eigenvalue weighted by molar-refractivity contribution is 5.76. The lowest BCUT2D eigenvalue weighted by atomic mass is 10.0. The second-order valence-corrected chi connectivity index (χ2v) is 7.94. The van der Waals surface area contributed by atoms with Gasteiger partial charge in [0, 0.05) is 18.6 Å². The smallest absolute Gasteiger partial charge is 0.269 e. The summed E-state index contributed by atoms with van der Waals surface area (Å²) >= 11 is 0. The van der Waals surface area contributed by atoms with Crippen molar-refractivity contribution in [3.05, 3.63) is 39.9 Å². The number of benzene rings is 1. The summed E-state index contributed by atoms with van der Waals surface area (Å²) in [6, 6.07) is 4.61. The van der Waals surface area contributed by atoms with Gasteiger partial charge >= 0.3 is 0 Å². The van der Waals surface area contributed by atoms with Crippen LogP contribution in [-0.2, 0) is 4.79 Å². The molecule has 30 heavy (non-hydrogen) atoms. The van der Waals surface area contributed by atoms with Crippen LogP contribution in [0.2, 0.25) is 0 Å². The van der Waals surface area contributed by atoms with Gasteiger partial charge in [-0.05, 0) is 24.1 Å². The molecule has 0 radical (unpaired) electrons. The van der Waals surface area contributed by atoms with Crippen LogP contribution in [0.15, 0.2) is 24.3 Å². The lowest BCUT2D eigenvalue weighted by Gasteiger charge is -2.22. The van der Waals surface area contributed by atoms with Gasteiger partial charge in [0.05, 0.1) is 17.6 Å². The van der Waals surface area contributed by atoms with Crippen LogP contribution < -0.4 is 5.32 Å². The molecule has 1 aromatic carbocycles. The van der Waals surface area contributed by atoms with E-state index in [1.54, 1.807) is 0 Å². The number of nitrogens with one attached hydrogen (secondary N) is 1. The highest BCUT2D eigenvalue weighted by Crippen LogP contribution is 2.20. The van der Waals surface area contributed by atoms with Crippen molar-refractivity contribution in [3.8, 4) is 0 Å². The molecule has 0 aliphatic carbocycles. The van der Waals surface area contributed by atoms with E-state index in [4.69, 9.17) is 0 Å². The molecule has 7 nitrogen and oxygen atoms in total. The molecule has 0 aliphatic heterocycles. The van der Waals surface area contributed by atoms with Crippen LogP contribution in [-0.4, -0.2) is 33.7 Å². The van der Waals surface area contributed by atoms with Gasteiger partial charge < -0.3 is 15.5 Å². The summed E-state index contributed by atoms with van der Waals surface area (Å²) in [5, 5.41) is 33.3. The van der Waals surface area contributed by atoms with Gasteiger partial charge in [0.25, 0.3) is 5.69 Å². The maximum atomic E-state index is 12.1. The number of rotatable bonds is 17. The highest BCUT2D eigenvalue weighted by atomic mass is 16.6. The molecule has 0 saturated carbocycles. The summed E-state index contributed by atoms with van der Waals surface area (Å²) in [6.45, 7) is 1.81. The van der Waals surface area contributed by atoms with Gasteiger partial charge in [0.1, 0.15) is 6.10 Å². The number of aliphatic hydroxyl groups excluding tert-OH is 2. The molecule has 1 amide bonds. The molecule has 0 aliphatic rings. The van der Waals surface area contributed by atoms with Crippen molar-refractivity contribution >= 4 is 11.6 Å². The molecule has 170 valence electrons. The number of nitro groups is 1. The summed E-state index contributed by atoms with van der Waals surface area (Å²) in [6.07, 6.45) is 12.5. The first-order valence-corrected chi connectivity index (χ1v) is 11.3. The van der Waals surface area contributed by atoms with E-state index in [9.17, 15) is 25.1 Å². The Balaban J connectivity index is 2.20. The molecule has 2 unspecified atom stereocenters. The van der Waals surface area contributed by atoms with Crippen molar-refractivity contribution < 1.29 is 19.9 Å². The highest BCUT2D eigenvalue weighted by Gasteiger charge is 2.22. The van der Waals surface area contributed by atoms with Gasteiger partial charge in [-0.25, -0.2) is 0 Å². The number of nitrogens with zero attached hydrogens (tertiary/aromatic N) is 1. The maximum absolute atomic E-state index is 12.1. The van der Waals surface area contributed by atoms with E-state index in [-0.39, 0.29) is 11.6 Å². The minimum absolute atomic E-state index is 0.0768. The molecular formula is C23H38N2O5. The normalized spacial score (nSPS) is 13.0. The fourth-order valence-electron chi connectivity index (χ4n) is 3.48. The van der Waals surface area contributed by atoms with Crippen molar-refractivity contribution in [1.29, 1.82) is 0 Å². The molecule has 7 heteroatoms. The number of unbranched alkanes of at least 4 members (excludes halogenated alkanes) is 10. The van der Waals surface area contributed by atoms with Crippen LogP contribution in [0.3, 0.4) is 0 Å². The molecule has 0 bridgehead atoms. The Morgan fingerprint density at radius 1 is 0.967 bits per heavy atom. The van der Waals surface area contributed by atoms with Crippen LogP contribution >= 0.6 is 0 Å². The van der Waals surface area contributed by atoms with Crippen LogP contribution in [0, 0.1) is 10.1 Å². The van der Waals surface area contributed by atoms with E-state index >= 15 is 0 Å². The number of nitro benzene ring substituents is 1. The van der Waals surface area contributed by atoms with Crippen LogP contribution in [0.4, 0.5) is 5.69 Å². The maximum Gasteiger partial charge on any atom is 0.269 e. The third-order valence-corrected chi connectivity index (χ3v) is 5.38. The monoisotopic (exact) mass is 422 g/mol. The van der Waals surface area contributed by atoms with Crippen molar-refractivity contribution in [1.82, 2.24) is 5.32 Å². The zero-order valence-corrected chi connectivity index (χ0v) is 18.2. The van der Waals surface area contributed by atoms with Gasteiger partial charge in [-0.1, -0.05) is 71.1 Å². The Bertz CT molecular complexity index is 606. The van der Waals surface area contributed by atoms with Crippen molar-refractivity contribution in [2.24, 2.45) is 0 Å². The zero-order chi connectivity index (χ0) is 22.2. The van der Waals surface area contributed by atoms with E-state index in [0.717, 1.165) is 19.3 Å². The largest absolute Gasteiger partial charge is 0.394 e. The Labute approximate surface area is 180 Å². The molecule has 0 fully saturated rings. The van der Waals surface area contributed by atoms with Gasteiger partial charge in [-0.3, -0.25) is 14.9 Å². The Morgan fingerprint density at radius 3 is 1.93 bits per heavy atom. The number of aliphatic hydroxyl groups is 2. The van der Waals surface area contributed by atoms with Crippen molar-refractivity contribution in [2.75, 3.05) is 6.61 Å². The van der Waals surface area contributed by atoms with E-state index in [1.165, 1.54) is 75.6 Å². The third kappa shape index (κ3) is 10.7. The first kappa shape index (κ1) is 26.0. The summed E-state index contributed by atoms with van der Waals surface area (Å²) < 4.78 is 0. The van der Waals surface area contributed by atoms with Gasteiger partial charge in [0.15, 0.2) is 0 Å². The molecule has 2 atom stereocenters. The molecule has 1 rings (SSSR count). The minimum atomic E-state index is -1.13. The van der Waals surface area contributed by atoms with Crippen LogP contribution in [0.5, 0.6) is 0 Å². The number of carbonyl (C=O) groups is 1. The van der Waals surface area contributed by atoms with Gasteiger partial charge in [-0.15, -0.1) is 0 Å². The van der Waals surface area contributed by atoms with Crippen molar-refractivity contribution in [3.63, 3.8) is 0 Å². The molecule has 0 saturated heterocycles. The number of amides is 1. The number of hydrogen-bond acceptors (Lipinski definition) is 5. The third-order valence-electron chi connectivity index (χ3n) is 5.38. The van der Waals surface area contributed by atoms with Gasteiger partial charge in [-0.2, -0.15) is 0 Å². The number of hydrogen-bond donors (Lipinski definition) is 3. The number of non-ortho nitro benzene ring substituents is 1. The Hall–Kier alpha value is -1.99. The Kier molecular flexibility index (Phi) is 13.7. The number of carbonyl (C=O) groups excluding carboxylic acids is 1. The lowest BCUT2D eigenvalue weighted by molar-refractivity contribution is -0.384. The second-order valence-electron chi connectivity index (χ2n) is 7.94. The quantitative estimate of drug-likeness (QED) is 0.189. The minimum Gasteiger partial charge on any atom is -0.394 e.